The third kappa shape index (κ3) is 7.84. The van der Waals surface area contributed by atoms with Crippen LogP contribution in [0, 0.1) is 0 Å². The summed E-state index contributed by atoms with van der Waals surface area (Å²) >= 11 is 0. The normalized spacial score (nSPS) is 16.4. The second kappa shape index (κ2) is 13.1. The minimum Gasteiger partial charge on any atom is -0.480 e. The summed E-state index contributed by atoms with van der Waals surface area (Å²) in [6.45, 7) is 8.70. The lowest BCUT2D eigenvalue weighted by Gasteiger charge is -2.43. The van der Waals surface area contributed by atoms with Crippen molar-refractivity contribution in [3.05, 3.63) is 83.1 Å². The van der Waals surface area contributed by atoms with Crippen LogP contribution in [-0.4, -0.2) is 63.3 Å². The topological polar surface area (TPSA) is 125 Å². The van der Waals surface area contributed by atoms with Crippen molar-refractivity contribution in [1.29, 1.82) is 0 Å². The number of rotatable bonds is 10. The number of urea groups is 1. The minimum absolute atomic E-state index is 0.0895. The van der Waals surface area contributed by atoms with Crippen LogP contribution in [0.4, 0.5) is 9.59 Å². The third-order valence-corrected chi connectivity index (χ3v) is 6.30. The van der Waals surface area contributed by atoms with Gasteiger partial charge in [-0.15, -0.1) is 0 Å². The van der Waals surface area contributed by atoms with Crippen LogP contribution in [0.15, 0.2) is 71.9 Å². The maximum absolute atomic E-state index is 14.0. The van der Waals surface area contributed by atoms with Gasteiger partial charge in [-0.05, 0) is 45.7 Å². The maximum atomic E-state index is 14.0. The molecule has 1 aliphatic heterocycles. The Labute approximate surface area is 234 Å². The van der Waals surface area contributed by atoms with Gasteiger partial charge in [-0.3, -0.25) is 4.90 Å². The number of carbonyl (C=O) groups is 4. The molecule has 214 valence electrons. The number of nitrogens with one attached hydrogen (secondary N) is 1. The number of hydrogen-bond donors (Lipinski definition) is 2. The standard InChI is InChI=1S/C30H37N3O7/c1-6-39-27(36)25-20(2)32(18-21-13-9-7-10-14-21)29(38)33(19-22-15-11-8-12-16-22)24(25)17-23(26(34)35)31-28(37)40-30(3,4)5/h7-16,23-24H,6,17-19H2,1-5H3,(H,31,37)(H,34,35)/t23-,24?/m0/s1. The van der Waals surface area contributed by atoms with E-state index in [2.05, 4.69) is 5.32 Å². The van der Waals surface area contributed by atoms with Gasteiger partial charge in [0.1, 0.15) is 11.6 Å². The summed E-state index contributed by atoms with van der Waals surface area (Å²) in [7, 11) is 0. The summed E-state index contributed by atoms with van der Waals surface area (Å²) in [5, 5.41) is 12.4. The van der Waals surface area contributed by atoms with Crippen LogP contribution in [0.2, 0.25) is 0 Å². The molecule has 0 radical (unpaired) electrons. The van der Waals surface area contributed by atoms with E-state index in [1.54, 1.807) is 34.6 Å². The van der Waals surface area contributed by atoms with E-state index in [0.717, 1.165) is 11.1 Å². The molecule has 2 aromatic rings. The zero-order valence-corrected chi connectivity index (χ0v) is 23.5. The largest absolute Gasteiger partial charge is 0.480 e. The highest BCUT2D eigenvalue weighted by molar-refractivity contribution is 5.95. The van der Waals surface area contributed by atoms with E-state index < -0.39 is 41.7 Å². The molecule has 10 nitrogen and oxygen atoms in total. The molecule has 0 spiro atoms. The number of esters is 1. The van der Waals surface area contributed by atoms with E-state index in [1.165, 1.54) is 9.80 Å². The zero-order valence-electron chi connectivity index (χ0n) is 23.5. The molecule has 2 N–H and O–H groups in total. The number of carbonyl (C=O) groups excluding carboxylic acids is 3. The Morgan fingerprint density at radius 1 is 0.975 bits per heavy atom. The fraction of sp³-hybridized carbons (Fsp3) is 0.400. The van der Waals surface area contributed by atoms with Crippen LogP contribution in [0.1, 0.15) is 52.2 Å². The van der Waals surface area contributed by atoms with Crippen molar-refractivity contribution >= 4 is 24.1 Å². The number of aliphatic carboxylic acids is 1. The van der Waals surface area contributed by atoms with Crippen LogP contribution in [0.3, 0.4) is 0 Å². The Morgan fingerprint density at radius 2 is 1.52 bits per heavy atom. The summed E-state index contributed by atoms with van der Waals surface area (Å²) < 4.78 is 10.6. The SMILES string of the molecule is CCOC(=O)C1=C(C)N(Cc2ccccc2)C(=O)N(Cc2ccccc2)C1C[C@H](NC(=O)OC(C)(C)C)C(=O)O. The third-order valence-electron chi connectivity index (χ3n) is 6.30. The lowest BCUT2D eigenvalue weighted by atomic mass is 9.92. The molecular weight excluding hydrogens is 514 g/mol. The summed E-state index contributed by atoms with van der Waals surface area (Å²) in [5.41, 5.74) is 1.31. The fourth-order valence-electron chi connectivity index (χ4n) is 4.52. The predicted molar refractivity (Wildman–Crippen MR) is 148 cm³/mol. The summed E-state index contributed by atoms with van der Waals surface area (Å²) in [4.78, 5) is 55.2. The van der Waals surface area contributed by atoms with E-state index in [0.29, 0.717) is 5.70 Å². The van der Waals surface area contributed by atoms with Crippen molar-refractivity contribution in [3.63, 3.8) is 0 Å². The Morgan fingerprint density at radius 3 is 2.02 bits per heavy atom. The van der Waals surface area contributed by atoms with Gasteiger partial charge in [-0.1, -0.05) is 60.7 Å². The van der Waals surface area contributed by atoms with Crippen LogP contribution >= 0.6 is 0 Å². The second-order valence-electron chi connectivity index (χ2n) is 10.5. The minimum atomic E-state index is -1.45. The molecule has 0 saturated carbocycles. The molecule has 1 heterocycles. The highest BCUT2D eigenvalue weighted by Crippen LogP contribution is 2.33. The number of carboxylic acids is 1. The molecule has 3 amide bonds. The number of amides is 3. The summed E-state index contributed by atoms with van der Waals surface area (Å²) in [6, 6.07) is 15.7. The van der Waals surface area contributed by atoms with Crippen molar-refractivity contribution in [2.24, 2.45) is 0 Å². The molecule has 0 fully saturated rings. The number of nitrogens with zero attached hydrogens (tertiary/aromatic N) is 2. The molecule has 2 atom stereocenters. The van der Waals surface area contributed by atoms with E-state index in [1.807, 2.05) is 60.7 Å². The van der Waals surface area contributed by atoms with Crippen LogP contribution < -0.4 is 5.32 Å². The van der Waals surface area contributed by atoms with Crippen molar-refractivity contribution in [2.75, 3.05) is 6.61 Å². The smallest absolute Gasteiger partial charge is 0.408 e. The monoisotopic (exact) mass is 551 g/mol. The average molecular weight is 552 g/mol. The Bertz CT molecular complexity index is 1240. The molecule has 0 saturated heterocycles. The molecule has 40 heavy (non-hydrogen) atoms. The van der Waals surface area contributed by atoms with Crippen molar-refractivity contribution in [1.82, 2.24) is 15.1 Å². The number of allylic oxidation sites excluding steroid dienone is 1. The van der Waals surface area contributed by atoms with E-state index in [4.69, 9.17) is 9.47 Å². The van der Waals surface area contributed by atoms with Crippen LogP contribution in [-0.2, 0) is 32.2 Å². The van der Waals surface area contributed by atoms with Crippen LogP contribution in [0.25, 0.3) is 0 Å². The second-order valence-corrected chi connectivity index (χ2v) is 10.5. The molecule has 0 aromatic heterocycles. The van der Waals surface area contributed by atoms with Gasteiger partial charge in [0, 0.05) is 18.7 Å². The lowest BCUT2D eigenvalue weighted by Crippen LogP contribution is -2.56. The molecule has 1 unspecified atom stereocenters. The lowest BCUT2D eigenvalue weighted by molar-refractivity contribution is -0.142. The van der Waals surface area contributed by atoms with Gasteiger partial charge in [0.05, 0.1) is 24.8 Å². The van der Waals surface area contributed by atoms with Gasteiger partial charge in [-0.2, -0.15) is 0 Å². The molecule has 0 aliphatic carbocycles. The molecule has 10 heteroatoms. The molecule has 2 aromatic carbocycles. The zero-order chi connectivity index (χ0) is 29.4. The van der Waals surface area contributed by atoms with Crippen molar-refractivity contribution < 1.29 is 33.8 Å². The number of hydrogen-bond acceptors (Lipinski definition) is 6. The Kier molecular flexibility index (Phi) is 9.93. The predicted octanol–water partition coefficient (Wildman–Crippen LogP) is 4.70. The van der Waals surface area contributed by atoms with E-state index in [9.17, 15) is 24.3 Å². The molecule has 0 bridgehead atoms. The van der Waals surface area contributed by atoms with Gasteiger partial charge in [-0.25, -0.2) is 19.2 Å². The summed E-state index contributed by atoms with van der Waals surface area (Å²) in [5.74, 6) is -1.99. The van der Waals surface area contributed by atoms with Gasteiger partial charge in [0.15, 0.2) is 0 Å². The first kappa shape index (κ1) is 30.2. The first-order chi connectivity index (χ1) is 18.9. The fourth-order valence-corrected chi connectivity index (χ4v) is 4.52. The van der Waals surface area contributed by atoms with E-state index in [-0.39, 0.29) is 31.7 Å². The number of carboxylic acid groups (broad SMARTS) is 1. The van der Waals surface area contributed by atoms with Crippen LogP contribution in [0.5, 0.6) is 0 Å². The molecular formula is C30H37N3O7. The van der Waals surface area contributed by atoms with Gasteiger partial charge >= 0.3 is 24.1 Å². The molecule has 3 rings (SSSR count). The maximum Gasteiger partial charge on any atom is 0.408 e. The summed E-state index contributed by atoms with van der Waals surface area (Å²) in [6.07, 6.45) is -1.20. The quantitative estimate of drug-likeness (QED) is 0.410. The first-order valence-corrected chi connectivity index (χ1v) is 13.2. The Balaban J connectivity index is 2.09. The van der Waals surface area contributed by atoms with Crippen molar-refractivity contribution in [3.8, 4) is 0 Å². The van der Waals surface area contributed by atoms with Gasteiger partial charge in [0.25, 0.3) is 0 Å². The number of alkyl carbamates (subject to hydrolysis) is 1. The number of ether oxygens (including phenoxy) is 2. The average Bonchev–Trinajstić information content (AvgIpc) is 2.88. The number of benzene rings is 2. The Hall–Kier alpha value is -4.34. The van der Waals surface area contributed by atoms with Gasteiger partial charge < -0.3 is 24.8 Å². The van der Waals surface area contributed by atoms with Gasteiger partial charge in [0.2, 0.25) is 0 Å². The highest BCUT2D eigenvalue weighted by atomic mass is 16.6. The highest BCUT2D eigenvalue weighted by Gasteiger charge is 2.43. The molecule has 1 aliphatic rings. The van der Waals surface area contributed by atoms with E-state index >= 15 is 0 Å². The first-order valence-electron chi connectivity index (χ1n) is 13.2. The van der Waals surface area contributed by atoms with Crippen molar-refractivity contribution in [2.45, 2.75) is 71.8 Å².